The molecule has 8 N–H and O–H groups in total. The average Bonchev–Trinajstić information content (AvgIpc) is 4.35. The van der Waals surface area contributed by atoms with Crippen molar-refractivity contribution in [2.24, 2.45) is 0 Å². The zero-order valence-corrected chi connectivity index (χ0v) is 53.1. The Morgan fingerprint density at radius 1 is 0.767 bits per heavy atom. The monoisotopic (exact) mass is 1290 g/mol. The van der Waals surface area contributed by atoms with Crippen LogP contribution in [0.25, 0.3) is 21.8 Å². The van der Waals surface area contributed by atoms with Crippen LogP contribution >= 0.6 is 35.3 Å². The van der Waals surface area contributed by atoms with Crippen molar-refractivity contribution in [2.45, 2.75) is 117 Å². The first-order chi connectivity index (χ1) is 43.2. The van der Waals surface area contributed by atoms with Gasteiger partial charge in [0.15, 0.2) is 0 Å². The van der Waals surface area contributed by atoms with Crippen molar-refractivity contribution in [1.82, 2.24) is 56.2 Å². The summed E-state index contributed by atoms with van der Waals surface area (Å²) in [7, 11) is 3.16. The SMILES string of the molecule is C[C@H](NC(=O)CCSCc1cccc(CSCCNC(=O)C2CCCN2C(=O)[C@H](Cc2ccc(O)cc2)NC(=O)CN2CCCC[C@H](NC(=O)[C@H](Cc3c[nH]c4ccc(F)cc34)NC=O)C2=O)c1)C(=O)N(C)CC(=O)N(C)[C@H](C)Sc1c[nH]c2ccc(F)cc12. The lowest BCUT2D eigenvalue weighted by Crippen LogP contribution is -2.57. The third-order valence-electron chi connectivity index (χ3n) is 15.9. The van der Waals surface area contributed by atoms with Gasteiger partial charge in [0, 0.05) is 115 Å². The first kappa shape index (κ1) is 67.8. The zero-order chi connectivity index (χ0) is 64.4. The van der Waals surface area contributed by atoms with Crippen molar-refractivity contribution in [3.05, 3.63) is 131 Å². The third kappa shape index (κ3) is 18.7. The molecule has 2 aliphatic rings. The maximum atomic E-state index is 14.5. The molecule has 2 aliphatic heterocycles. The van der Waals surface area contributed by atoms with Gasteiger partial charge in [-0.15, -0.1) is 0 Å². The van der Waals surface area contributed by atoms with Crippen LogP contribution in [-0.2, 0) is 67.5 Å². The molecule has 4 aromatic carbocycles. The Balaban J connectivity index is 0.748. The van der Waals surface area contributed by atoms with E-state index in [1.165, 1.54) is 74.8 Å². The Kier molecular flexibility index (Phi) is 24.6. The minimum Gasteiger partial charge on any atom is -0.508 e. The molecule has 0 radical (unpaired) electrons. The molecule has 0 saturated carbocycles. The number of likely N-dealkylation sites (N-methyl/N-ethyl adjacent to an activating group) is 2. The van der Waals surface area contributed by atoms with Gasteiger partial charge in [0.25, 0.3) is 0 Å². The van der Waals surface area contributed by atoms with Crippen molar-refractivity contribution < 1.29 is 57.0 Å². The number of likely N-dealkylation sites (tertiary alicyclic amines) is 2. The van der Waals surface area contributed by atoms with Crippen LogP contribution in [0.5, 0.6) is 5.75 Å². The highest BCUT2D eigenvalue weighted by atomic mass is 32.2. The van der Waals surface area contributed by atoms with E-state index in [9.17, 15) is 57.0 Å². The number of nitrogens with zero attached hydrogens (tertiary/aromatic N) is 4. The molecule has 8 rings (SSSR count). The van der Waals surface area contributed by atoms with Gasteiger partial charge in [0.2, 0.25) is 53.7 Å². The van der Waals surface area contributed by atoms with E-state index in [2.05, 4.69) is 42.6 Å². The second-order valence-corrected chi connectivity index (χ2v) is 26.1. The molecular formula is C64H77F2N11O10S3. The summed E-state index contributed by atoms with van der Waals surface area (Å²) < 4.78 is 28.0. The van der Waals surface area contributed by atoms with E-state index in [0.29, 0.717) is 83.7 Å². The summed E-state index contributed by atoms with van der Waals surface area (Å²) in [5.41, 5.74) is 4.80. The van der Waals surface area contributed by atoms with Crippen LogP contribution in [0.15, 0.2) is 102 Å². The van der Waals surface area contributed by atoms with E-state index in [1.54, 1.807) is 74.2 Å². The number of benzene rings is 4. The molecule has 0 bridgehead atoms. The van der Waals surface area contributed by atoms with E-state index >= 15 is 0 Å². The maximum Gasteiger partial charge on any atom is 0.246 e. The lowest BCUT2D eigenvalue weighted by atomic mass is 10.0. The van der Waals surface area contributed by atoms with Crippen LogP contribution in [0.4, 0.5) is 8.78 Å². The molecule has 0 aliphatic carbocycles. The lowest BCUT2D eigenvalue weighted by molar-refractivity contribution is -0.142. The van der Waals surface area contributed by atoms with Gasteiger partial charge in [0.05, 0.1) is 18.5 Å². The van der Waals surface area contributed by atoms with Crippen molar-refractivity contribution in [3.8, 4) is 5.75 Å². The van der Waals surface area contributed by atoms with Crippen LogP contribution in [0.3, 0.4) is 0 Å². The number of carbonyl (C=O) groups excluding carboxylic acids is 9. The second-order valence-electron chi connectivity index (χ2n) is 22.6. The van der Waals surface area contributed by atoms with Crippen LogP contribution in [0.1, 0.15) is 74.6 Å². The van der Waals surface area contributed by atoms with Crippen LogP contribution in [-0.4, -0.2) is 182 Å². The van der Waals surface area contributed by atoms with Gasteiger partial charge in [-0.25, -0.2) is 8.78 Å². The zero-order valence-electron chi connectivity index (χ0n) is 50.7. The number of aromatic amines is 2. The Morgan fingerprint density at radius 2 is 1.46 bits per heavy atom. The van der Waals surface area contributed by atoms with E-state index in [4.69, 9.17) is 0 Å². The summed E-state index contributed by atoms with van der Waals surface area (Å²) in [5.74, 6) is -1.94. The predicted octanol–water partition coefficient (Wildman–Crippen LogP) is 5.74. The number of H-pyrrole nitrogens is 2. The smallest absolute Gasteiger partial charge is 0.246 e. The van der Waals surface area contributed by atoms with Crippen molar-refractivity contribution >= 4 is 111 Å². The average molecular weight is 1290 g/mol. The fourth-order valence-corrected chi connectivity index (χ4v) is 13.7. The minimum absolute atomic E-state index is 0.00606. The first-order valence-corrected chi connectivity index (χ1v) is 33.1. The molecule has 1 unspecified atom stereocenters. The number of amides is 9. The number of aromatic hydroxyl groups is 1. The van der Waals surface area contributed by atoms with E-state index in [-0.39, 0.29) is 80.0 Å². The number of hydrogen-bond acceptors (Lipinski definition) is 13. The number of phenols is 1. The minimum atomic E-state index is -1.14. The van der Waals surface area contributed by atoms with Gasteiger partial charge in [-0.2, -0.15) is 23.5 Å². The molecule has 21 nitrogen and oxygen atoms in total. The highest BCUT2D eigenvalue weighted by Crippen LogP contribution is 2.33. The van der Waals surface area contributed by atoms with Gasteiger partial charge in [-0.3, -0.25) is 43.2 Å². The Hall–Kier alpha value is -8.10. The van der Waals surface area contributed by atoms with Crippen LogP contribution in [0, 0.1) is 11.6 Å². The highest BCUT2D eigenvalue weighted by molar-refractivity contribution is 8.00. The molecule has 0 spiro atoms. The van der Waals surface area contributed by atoms with Crippen molar-refractivity contribution in [1.29, 1.82) is 0 Å². The fourth-order valence-electron chi connectivity index (χ4n) is 10.9. The molecular weight excluding hydrogens is 1220 g/mol. The summed E-state index contributed by atoms with van der Waals surface area (Å²) in [4.78, 5) is 133. The summed E-state index contributed by atoms with van der Waals surface area (Å²) in [6.45, 7) is 3.64. The molecule has 6 aromatic rings. The van der Waals surface area contributed by atoms with E-state index in [1.807, 2.05) is 25.1 Å². The Labute approximate surface area is 533 Å². The summed E-state index contributed by atoms with van der Waals surface area (Å²) >= 11 is 4.61. The van der Waals surface area contributed by atoms with Crippen molar-refractivity contribution in [3.63, 3.8) is 0 Å². The predicted molar refractivity (Wildman–Crippen MR) is 344 cm³/mol. The van der Waals surface area contributed by atoms with Crippen LogP contribution in [0.2, 0.25) is 0 Å². The number of carbonyl (C=O) groups is 9. The summed E-state index contributed by atoms with van der Waals surface area (Å²) in [6.07, 6.45) is 6.32. The molecule has 26 heteroatoms. The molecule has 2 saturated heterocycles. The number of fused-ring (bicyclic) bond motifs is 2. The number of hydrogen-bond donors (Lipinski definition) is 8. The standard InChI is InChI=1S/C64H77F2N11O10S3/c1-39(62(85)74(3)35-59(82)75(4)40(2)90-56-33-69-51-20-16-46(66)31-49(51)56)71-57(80)21-25-88-36-42-9-7-10-43(27-42)37-89-26-22-67-61(84)55-12-8-24-77(55)64(87)54(28-41-13-17-47(79)18-14-41)72-58(81)34-76-23-6-5-11-52(63(76)86)73-60(83)53(70-38-78)29-44-32-68-50-19-15-45(65)30-48(44)50/h7,9-10,13-20,27,30-33,38-40,52-55,68-69,79H,5-6,8,11-12,21-26,28-29,34-37H2,1-4H3,(H,67,84)(H,70,78)(H,71,80)(H,72,81)(H,73,83)/t39-,40-,52-,53-,54-,55?/m0/s1. The second kappa shape index (κ2) is 32.6. The number of phenolic OH excluding ortho intramolecular Hbond substituents is 1. The fraction of sp³-hybridized carbons (Fsp3) is 0.422. The number of aromatic nitrogens is 2. The quantitative estimate of drug-likeness (QED) is 0.0116. The first-order valence-electron chi connectivity index (χ1n) is 29.9. The van der Waals surface area contributed by atoms with E-state index < -0.39 is 72.1 Å². The third-order valence-corrected chi connectivity index (χ3v) is 19.2. The van der Waals surface area contributed by atoms with E-state index in [0.717, 1.165) is 26.9 Å². The normalized spacial score (nSPS) is 16.4. The molecule has 2 fully saturated rings. The van der Waals surface area contributed by atoms with Gasteiger partial charge in [-0.1, -0.05) is 48.2 Å². The summed E-state index contributed by atoms with van der Waals surface area (Å²) in [6, 6.07) is 18.1. The highest BCUT2D eigenvalue weighted by Gasteiger charge is 2.39. The largest absolute Gasteiger partial charge is 0.508 e. The van der Waals surface area contributed by atoms with Gasteiger partial charge in [-0.05, 0) is 117 Å². The molecule has 480 valence electrons. The number of rotatable bonds is 30. The van der Waals surface area contributed by atoms with Gasteiger partial charge < -0.3 is 61.3 Å². The maximum absolute atomic E-state index is 14.5. The van der Waals surface area contributed by atoms with Gasteiger partial charge >= 0.3 is 0 Å². The Bertz CT molecular complexity index is 3540. The molecule has 90 heavy (non-hydrogen) atoms. The lowest BCUT2D eigenvalue weighted by Gasteiger charge is -2.30. The number of nitrogens with one attached hydrogen (secondary N) is 7. The van der Waals surface area contributed by atoms with Crippen molar-refractivity contribution in [2.75, 3.05) is 58.3 Å². The van der Waals surface area contributed by atoms with Gasteiger partial charge in [0.1, 0.15) is 47.6 Å². The molecule has 6 atom stereocenters. The molecule has 4 heterocycles. The topological polar surface area (TPSA) is 279 Å². The number of halogens is 2. The molecule has 2 aromatic heterocycles. The molecule has 9 amide bonds. The summed E-state index contributed by atoms with van der Waals surface area (Å²) in [5, 5.41) is 24.8. The number of thioether (sulfide) groups is 3. The Morgan fingerprint density at radius 3 is 2.18 bits per heavy atom. The van der Waals surface area contributed by atoms with Crippen LogP contribution < -0.4 is 26.6 Å².